The quantitative estimate of drug-likeness (QED) is 0.185. The third kappa shape index (κ3) is 8.88. The van der Waals surface area contributed by atoms with Crippen LogP contribution in [0.3, 0.4) is 0 Å². The predicted molar refractivity (Wildman–Crippen MR) is 150 cm³/mol. The Kier molecular flexibility index (Phi) is 10.0. The molecule has 4 rings (SSSR count). The fraction of sp³-hybridized carbons (Fsp3) is 0.286. The molecular formula is C28H30N4O5S2. The first-order valence-corrected chi connectivity index (χ1v) is 14.1. The van der Waals surface area contributed by atoms with Crippen LogP contribution >= 0.6 is 22.7 Å². The van der Waals surface area contributed by atoms with Crippen molar-refractivity contribution in [2.45, 2.75) is 50.0 Å². The van der Waals surface area contributed by atoms with E-state index in [1.54, 1.807) is 23.4 Å². The summed E-state index contributed by atoms with van der Waals surface area (Å²) in [5, 5.41) is 27.4. The molecule has 2 aromatic heterocycles. The number of amides is 2. The number of thiazole rings is 2. The molecule has 0 saturated heterocycles. The monoisotopic (exact) mass is 566 g/mol. The van der Waals surface area contributed by atoms with Crippen molar-refractivity contribution < 1.29 is 24.5 Å². The van der Waals surface area contributed by atoms with Gasteiger partial charge in [-0.25, -0.2) is 9.59 Å². The van der Waals surface area contributed by atoms with Crippen molar-refractivity contribution in [3.05, 3.63) is 105 Å². The number of benzene rings is 2. The standard InChI is InChI=1S/C28H30N4O5S2/c33-26(34)31-22(11-20-7-3-1-4-8-20)13-28(36,14-23-15-29-18-38-23)25(12-21-9-5-2-6-10-21)32-27(35)37-17-24-16-30-19-39-24/h1-10,15-16,18-19,22,25,31,36H,11-14,17H2,(H,32,35)(H,33,34)/t22-,25-,28-/m0/s1. The summed E-state index contributed by atoms with van der Waals surface area (Å²) in [7, 11) is 0. The van der Waals surface area contributed by atoms with Gasteiger partial charge >= 0.3 is 12.2 Å². The SMILES string of the molecule is O=C(O)N[C@@H](Cc1ccccc1)C[C@](O)(Cc1cncs1)[C@H](Cc1ccccc1)NC(=O)OCc1cncs1. The maximum Gasteiger partial charge on any atom is 0.407 e. The summed E-state index contributed by atoms with van der Waals surface area (Å²) in [4.78, 5) is 34.4. The van der Waals surface area contributed by atoms with Crippen LogP contribution in [0.15, 0.2) is 84.1 Å². The highest BCUT2D eigenvalue weighted by Gasteiger charge is 2.41. The van der Waals surface area contributed by atoms with Crippen molar-refractivity contribution in [2.75, 3.05) is 0 Å². The molecule has 39 heavy (non-hydrogen) atoms. The smallest absolute Gasteiger partial charge is 0.407 e. The van der Waals surface area contributed by atoms with E-state index < -0.39 is 29.9 Å². The van der Waals surface area contributed by atoms with E-state index in [0.29, 0.717) is 12.8 Å². The van der Waals surface area contributed by atoms with Gasteiger partial charge in [-0.05, 0) is 30.4 Å². The lowest BCUT2D eigenvalue weighted by atomic mass is 9.80. The van der Waals surface area contributed by atoms with Crippen LogP contribution in [0, 0.1) is 0 Å². The minimum Gasteiger partial charge on any atom is -0.465 e. The average molecular weight is 567 g/mol. The molecule has 0 saturated carbocycles. The third-order valence-electron chi connectivity index (χ3n) is 6.27. The highest BCUT2D eigenvalue weighted by atomic mass is 32.1. The number of nitrogens with one attached hydrogen (secondary N) is 2. The topological polar surface area (TPSA) is 134 Å². The van der Waals surface area contributed by atoms with E-state index in [9.17, 15) is 19.8 Å². The maximum absolute atomic E-state index is 13.0. The maximum atomic E-state index is 13.0. The fourth-order valence-corrected chi connectivity index (χ4v) is 5.72. The van der Waals surface area contributed by atoms with Crippen molar-refractivity contribution in [2.24, 2.45) is 0 Å². The first-order chi connectivity index (χ1) is 18.9. The number of carbonyl (C=O) groups is 2. The molecule has 2 heterocycles. The molecule has 9 nitrogen and oxygen atoms in total. The molecule has 4 aromatic rings. The number of ether oxygens (including phenoxy) is 1. The first-order valence-electron chi connectivity index (χ1n) is 12.4. The third-order valence-corrected chi connectivity index (χ3v) is 7.80. The second-order valence-corrected chi connectivity index (χ2v) is 11.2. The highest BCUT2D eigenvalue weighted by molar-refractivity contribution is 7.09. The Bertz CT molecular complexity index is 1290. The molecule has 2 amide bonds. The van der Waals surface area contributed by atoms with Gasteiger partial charge in [-0.1, -0.05) is 60.7 Å². The van der Waals surface area contributed by atoms with Gasteiger partial charge in [0.2, 0.25) is 0 Å². The van der Waals surface area contributed by atoms with Crippen molar-refractivity contribution in [1.82, 2.24) is 20.6 Å². The van der Waals surface area contributed by atoms with Crippen molar-refractivity contribution in [3.63, 3.8) is 0 Å². The van der Waals surface area contributed by atoms with Crippen LogP contribution in [-0.2, 0) is 30.6 Å². The molecule has 0 aliphatic carbocycles. The number of aliphatic hydroxyl groups is 1. The normalized spacial score (nSPS) is 14.1. The molecule has 11 heteroatoms. The number of hydrogen-bond donors (Lipinski definition) is 4. The van der Waals surface area contributed by atoms with Gasteiger partial charge in [-0.2, -0.15) is 0 Å². The number of rotatable bonds is 13. The van der Waals surface area contributed by atoms with Crippen LogP contribution < -0.4 is 10.6 Å². The van der Waals surface area contributed by atoms with E-state index in [1.165, 1.54) is 22.7 Å². The molecule has 0 aliphatic rings. The first kappa shape index (κ1) is 28.2. The Hall–Kier alpha value is -3.80. The lowest BCUT2D eigenvalue weighted by molar-refractivity contribution is -0.0143. The van der Waals surface area contributed by atoms with Gasteiger partial charge in [0.1, 0.15) is 6.61 Å². The van der Waals surface area contributed by atoms with E-state index in [2.05, 4.69) is 20.6 Å². The zero-order valence-electron chi connectivity index (χ0n) is 21.1. The van der Waals surface area contributed by atoms with Gasteiger partial charge in [0.15, 0.2) is 0 Å². The van der Waals surface area contributed by atoms with Crippen molar-refractivity contribution in [1.29, 1.82) is 0 Å². The summed E-state index contributed by atoms with van der Waals surface area (Å²) in [5.74, 6) is 0. The Morgan fingerprint density at radius 1 is 0.872 bits per heavy atom. The summed E-state index contributed by atoms with van der Waals surface area (Å²) in [5.41, 5.74) is 3.61. The number of carboxylic acid groups (broad SMARTS) is 1. The van der Waals surface area contributed by atoms with Gasteiger partial charge in [-0.15, -0.1) is 22.7 Å². The number of hydrogen-bond acceptors (Lipinski definition) is 8. The number of alkyl carbamates (subject to hydrolysis) is 1. The van der Waals surface area contributed by atoms with E-state index in [-0.39, 0.29) is 19.4 Å². The average Bonchev–Trinajstić information content (AvgIpc) is 3.62. The summed E-state index contributed by atoms with van der Waals surface area (Å²) in [6.07, 6.45) is 2.31. The zero-order chi connectivity index (χ0) is 27.5. The van der Waals surface area contributed by atoms with Crippen LogP contribution in [0.5, 0.6) is 0 Å². The van der Waals surface area contributed by atoms with E-state index >= 15 is 0 Å². The van der Waals surface area contributed by atoms with Crippen LogP contribution in [-0.4, -0.2) is 50.1 Å². The van der Waals surface area contributed by atoms with Crippen LogP contribution in [0.1, 0.15) is 27.3 Å². The Balaban J connectivity index is 1.63. The molecule has 0 radical (unpaired) electrons. The molecule has 2 aromatic carbocycles. The minimum atomic E-state index is -1.55. The van der Waals surface area contributed by atoms with Crippen molar-refractivity contribution >= 4 is 34.9 Å². The summed E-state index contributed by atoms with van der Waals surface area (Å²) >= 11 is 2.76. The Morgan fingerprint density at radius 2 is 1.46 bits per heavy atom. The van der Waals surface area contributed by atoms with Crippen LogP contribution in [0.25, 0.3) is 0 Å². The van der Waals surface area contributed by atoms with Gasteiger partial charge < -0.3 is 25.6 Å². The van der Waals surface area contributed by atoms with Crippen LogP contribution in [0.4, 0.5) is 9.59 Å². The van der Waals surface area contributed by atoms with Gasteiger partial charge in [0, 0.05) is 29.7 Å². The molecule has 0 fully saturated rings. The van der Waals surface area contributed by atoms with Gasteiger partial charge in [0.25, 0.3) is 0 Å². The summed E-state index contributed by atoms with van der Waals surface area (Å²) in [6.45, 7) is 0.0546. The van der Waals surface area contributed by atoms with E-state index in [1.807, 2.05) is 60.7 Å². The molecule has 0 bridgehead atoms. The van der Waals surface area contributed by atoms with Gasteiger partial charge in [0.05, 0.1) is 27.5 Å². The van der Waals surface area contributed by atoms with E-state index in [0.717, 1.165) is 20.9 Å². The zero-order valence-corrected chi connectivity index (χ0v) is 22.7. The number of carbonyl (C=O) groups excluding carboxylic acids is 1. The second kappa shape index (κ2) is 13.8. The summed E-state index contributed by atoms with van der Waals surface area (Å²) in [6, 6.07) is 17.6. The molecule has 0 unspecified atom stereocenters. The Morgan fingerprint density at radius 3 is 2.03 bits per heavy atom. The minimum absolute atomic E-state index is 0.0404. The molecule has 3 atom stereocenters. The molecule has 0 spiro atoms. The Labute approximate surface area is 234 Å². The second-order valence-electron chi connectivity index (χ2n) is 9.22. The largest absolute Gasteiger partial charge is 0.465 e. The lowest BCUT2D eigenvalue weighted by Gasteiger charge is -2.39. The molecule has 204 valence electrons. The van der Waals surface area contributed by atoms with Crippen molar-refractivity contribution in [3.8, 4) is 0 Å². The highest BCUT2D eigenvalue weighted by Crippen LogP contribution is 2.29. The molecular weight excluding hydrogens is 536 g/mol. The lowest BCUT2D eigenvalue weighted by Crippen LogP contribution is -2.58. The van der Waals surface area contributed by atoms with Gasteiger partial charge in [-0.3, -0.25) is 9.97 Å². The molecule has 0 aliphatic heterocycles. The molecule has 4 N–H and O–H groups in total. The fourth-order valence-electron chi connectivity index (χ4n) is 4.50. The van der Waals surface area contributed by atoms with Crippen LogP contribution in [0.2, 0.25) is 0 Å². The number of nitrogens with zero attached hydrogens (tertiary/aromatic N) is 2. The number of aromatic nitrogens is 2. The predicted octanol–water partition coefficient (Wildman–Crippen LogP) is 4.68. The van der Waals surface area contributed by atoms with E-state index in [4.69, 9.17) is 4.74 Å². The summed E-state index contributed by atoms with van der Waals surface area (Å²) < 4.78 is 5.44.